The number of amides is 1. The zero-order valence-electron chi connectivity index (χ0n) is 16.0. The van der Waals surface area contributed by atoms with E-state index in [1.807, 2.05) is 74.4 Å². The van der Waals surface area contributed by atoms with Crippen molar-refractivity contribution in [3.63, 3.8) is 0 Å². The van der Waals surface area contributed by atoms with Crippen molar-refractivity contribution in [2.75, 3.05) is 29.6 Å². The summed E-state index contributed by atoms with van der Waals surface area (Å²) in [6.07, 6.45) is 0. The van der Waals surface area contributed by atoms with Crippen LogP contribution in [0.4, 0.5) is 17.3 Å². The molecule has 1 aromatic heterocycles. The first-order valence-corrected chi connectivity index (χ1v) is 9.22. The molecule has 2 N–H and O–H groups in total. The summed E-state index contributed by atoms with van der Waals surface area (Å²) in [6.45, 7) is 2.29. The summed E-state index contributed by atoms with van der Waals surface area (Å²) in [5.41, 5.74) is 3.69. The van der Waals surface area contributed by atoms with Gasteiger partial charge in [0.05, 0.1) is 0 Å². The maximum atomic E-state index is 12.6. The highest BCUT2D eigenvalue weighted by Gasteiger charge is 2.11. The Hall–Kier alpha value is -3.12. The fourth-order valence-electron chi connectivity index (χ4n) is 2.62. The van der Waals surface area contributed by atoms with Crippen LogP contribution in [-0.4, -0.2) is 30.0 Å². The normalized spacial score (nSPS) is 10.4. The van der Waals surface area contributed by atoms with Gasteiger partial charge in [-0.2, -0.15) is 0 Å². The second-order valence-corrected chi connectivity index (χ2v) is 6.97. The van der Waals surface area contributed by atoms with Crippen LogP contribution in [0.25, 0.3) is 0 Å². The largest absolute Gasteiger partial charge is 0.378 e. The Morgan fingerprint density at radius 3 is 2.46 bits per heavy atom. The molecule has 28 heavy (non-hydrogen) atoms. The van der Waals surface area contributed by atoms with Crippen LogP contribution in [0.1, 0.15) is 21.7 Å². The molecule has 0 radical (unpaired) electrons. The number of carbonyl (C=O) groups excluding carboxylic acids is 1. The van der Waals surface area contributed by atoms with Crippen LogP contribution in [0.2, 0.25) is 5.02 Å². The Kier molecular flexibility index (Phi) is 6.11. The molecule has 0 aliphatic rings. The van der Waals surface area contributed by atoms with E-state index in [0.29, 0.717) is 34.6 Å². The minimum Gasteiger partial charge on any atom is -0.378 e. The third-order valence-corrected chi connectivity index (χ3v) is 4.49. The standard InChI is InChI=1S/C21H22ClN5O/c1-14-12-19(20(28)25-16-8-10-17(11-9-16)27(2)3)26-21(24-14)23-13-15-6-4-5-7-18(15)22/h4-12H,13H2,1-3H3,(H,25,28)(H,23,24,26). The predicted octanol–water partition coefficient (Wildman–Crippen LogP) is 4.37. The van der Waals surface area contributed by atoms with Crippen molar-refractivity contribution in [3.8, 4) is 0 Å². The van der Waals surface area contributed by atoms with E-state index in [1.165, 1.54) is 0 Å². The predicted molar refractivity (Wildman–Crippen MR) is 114 cm³/mol. The Balaban J connectivity index is 1.71. The molecule has 2 aromatic carbocycles. The molecule has 0 atom stereocenters. The first kappa shape index (κ1) is 19.6. The highest BCUT2D eigenvalue weighted by atomic mass is 35.5. The van der Waals surface area contributed by atoms with E-state index in [2.05, 4.69) is 20.6 Å². The van der Waals surface area contributed by atoms with Crippen LogP contribution in [0.5, 0.6) is 0 Å². The van der Waals surface area contributed by atoms with Gasteiger partial charge in [-0.05, 0) is 48.9 Å². The number of hydrogen-bond acceptors (Lipinski definition) is 5. The van der Waals surface area contributed by atoms with Crippen molar-refractivity contribution >= 4 is 34.8 Å². The fraction of sp³-hybridized carbons (Fsp3) is 0.190. The van der Waals surface area contributed by atoms with Crippen LogP contribution in [-0.2, 0) is 6.54 Å². The fourth-order valence-corrected chi connectivity index (χ4v) is 2.82. The molecular weight excluding hydrogens is 374 g/mol. The molecule has 1 heterocycles. The lowest BCUT2D eigenvalue weighted by molar-refractivity contribution is 0.102. The smallest absolute Gasteiger partial charge is 0.274 e. The molecule has 7 heteroatoms. The Bertz CT molecular complexity index is 973. The topological polar surface area (TPSA) is 70.2 Å². The molecule has 0 unspecified atom stereocenters. The molecule has 0 saturated heterocycles. The number of nitrogens with zero attached hydrogens (tertiary/aromatic N) is 3. The second kappa shape index (κ2) is 8.71. The molecular formula is C21H22ClN5O. The number of nitrogens with one attached hydrogen (secondary N) is 2. The zero-order valence-corrected chi connectivity index (χ0v) is 16.8. The lowest BCUT2D eigenvalue weighted by atomic mass is 10.2. The van der Waals surface area contributed by atoms with E-state index in [4.69, 9.17) is 11.6 Å². The monoisotopic (exact) mass is 395 g/mol. The van der Waals surface area contributed by atoms with Crippen molar-refractivity contribution in [1.82, 2.24) is 9.97 Å². The van der Waals surface area contributed by atoms with Gasteiger partial charge in [0.15, 0.2) is 0 Å². The SMILES string of the molecule is Cc1cc(C(=O)Nc2ccc(N(C)C)cc2)nc(NCc2ccccc2Cl)n1. The minimum atomic E-state index is -0.288. The van der Waals surface area contributed by atoms with Crippen LogP contribution >= 0.6 is 11.6 Å². The zero-order chi connectivity index (χ0) is 20.1. The minimum absolute atomic E-state index is 0.288. The van der Waals surface area contributed by atoms with Gasteiger partial charge in [0, 0.05) is 42.7 Å². The molecule has 0 aliphatic carbocycles. The summed E-state index contributed by atoms with van der Waals surface area (Å²) in [6, 6.07) is 16.8. The van der Waals surface area contributed by atoms with Gasteiger partial charge < -0.3 is 15.5 Å². The van der Waals surface area contributed by atoms with E-state index >= 15 is 0 Å². The van der Waals surface area contributed by atoms with Crippen molar-refractivity contribution in [1.29, 1.82) is 0 Å². The molecule has 144 valence electrons. The van der Waals surface area contributed by atoms with E-state index in [-0.39, 0.29) is 5.91 Å². The Labute approximate surface area is 169 Å². The van der Waals surface area contributed by atoms with E-state index < -0.39 is 0 Å². The molecule has 0 aliphatic heterocycles. The first-order chi connectivity index (χ1) is 13.4. The second-order valence-electron chi connectivity index (χ2n) is 6.56. The number of aryl methyl sites for hydroxylation is 1. The lowest BCUT2D eigenvalue weighted by Crippen LogP contribution is -2.16. The van der Waals surface area contributed by atoms with Crippen molar-refractivity contribution < 1.29 is 4.79 Å². The van der Waals surface area contributed by atoms with Gasteiger partial charge in [0.25, 0.3) is 5.91 Å². The molecule has 3 aromatic rings. The molecule has 0 spiro atoms. The number of benzene rings is 2. The number of carbonyl (C=O) groups is 1. The number of anilines is 3. The first-order valence-electron chi connectivity index (χ1n) is 8.84. The van der Waals surface area contributed by atoms with E-state index in [1.54, 1.807) is 6.07 Å². The molecule has 6 nitrogen and oxygen atoms in total. The van der Waals surface area contributed by atoms with Gasteiger partial charge in [-0.1, -0.05) is 29.8 Å². The summed E-state index contributed by atoms with van der Waals surface area (Å²) < 4.78 is 0. The van der Waals surface area contributed by atoms with E-state index in [0.717, 1.165) is 11.3 Å². The van der Waals surface area contributed by atoms with E-state index in [9.17, 15) is 4.79 Å². The number of aromatic nitrogens is 2. The Morgan fingerprint density at radius 2 is 1.79 bits per heavy atom. The number of rotatable bonds is 6. The van der Waals surface area contributed by atoms with Crippen LogP contribution in [0.3, 0.4) is 0 Å². The summed E-state index contributed by atoms with van der Waals surface area (Å²) >= 11 is 6.18. The quantitative estimate of drug-likeness (QED) is 0.648. The lowest BCUT2D eigenvalue weighted by Gasteiger charge is -2.13. The number of hydrogen-bond donors (Lipinski definition) is 2. The third kappa shape index (κ3) is 4.98. The van der Waals surface area contributed by atoms with Gasteiger partial charge in [-0.25, -0.2) is 9.97 Å². The summed E-state index contributed by atoms with van der Waals surface area (Å²) in [4.78, 5) is 23.3. The molecule has 1 amide bonds. The average molecular weight is 396 g/mol. The molecule has 0 saturated carbocycles. The van der Waals surface area contributed by atoms with Crippen molar-refractivity contribution in [2.24, 2.45) is 0 Å². The highest BCUT2D eigenvalue weighted by molar-refractivity contribution is 6.31. The van der Waals surface area contributed by atoms with Gasteiger partial charge in [0.1, 0.15) is 5.69 Å². The third-order valence-electron chi connectivity index (χ3n) is 4.12. The van der Waals surface area contributed by atoms with Gasteiger partial charge in [0.2, 0.25) is 5.95 Å². The maximum Gasteiger partial charge on any atom is 0.274 e. The van der Waals surface area contributed by atoms with Crippen LogP contribution < -0.4 is 15.5 Å². The number of halogens is 1. The van der Waals surface area contributed by atoms with Crippen LogP contribution in [0, 0.1) is 6.92 Å². The Morgan fingerprint density at radius 1 is 1.07 bits per heavy atom. The van der Waals surface area contributed by atoms with Crippen LogP contribution in [0.15, 0.2) is 54.6 Å². The molecule has 0 fully saturated rings. The van der Waals surface area contributed by atoms with Gasteiger partial charge in [-0.15, -0.1) is 0 Å². The van der Waals surface area contributed by atoms with Gasteiger partial charge in [-0.3, -0.25) is 4.79 Å². The molecule has 0 bridgehead atoms. The molecule has 3 rings (SSSR count). The highest BCUT2D eigenvalue weighted by Crippen LogP contribution is 2.18. The van der Waals surface area contributed by atoms with Crippen molar-refractivity contribution in [3.05, 3.63) is 76.6 Å². The summed E-state index contributed by atoms with van der Waals surface area (Å²) in [7, 11) is 3.93. The summed E-state index contributed by atoms with van der Waals surface area (Å²) in [5, 5.41) is 6.66. The maximum absolute atomic E-state index is 12.6. The average Bonchev–Trinajstić information content (AvgIpc) is 2.67. The summed E-state index contributed by atoms with van der Waals surface area (Å²) in [5.74, 6) is 0.0944. The van der Waals surface area contributed by atoms with Crippen molar-refractivity contribution in [2.45, 2.75) is 13.5 Å². The van der Waals surface area contributed by atoms with Gasteiger partial charge >= 0.3 is 0 Å².